The third kappa shape index (κ3) is 2.76. The zero-order valence-corrected chi connectivity index (χ0v) is 12.5. The van der Waals surface area contributed by atoms with Crippen molar-refractivity contribution in [3.63, 3.8) is 0 Å². The van der Waals surface area contributed by atoms with Gasteiger partial charge in [0.25, 0.3) is 5.56 Å². The topological polar surface area (TPSA) is 51.5 Å². The van der Waals surface area contributed by atoms with E-state index in [9.17, 15) is 9.90 Å². The molecule has 2 rings (SSSR count). The molecular formula is C14H13Cl2NO3. The molecule has 0 saturated heterocycles. The molecule has 1 aromatic carbocycles. The van der Waals surface area contributed by atoms with Gasteiger partial charge in [-0.15, -0.1) is 0 Å². The van der Waals surface area contributed by atoms with E-state index in [0.717, 1.165) is 5.56 Å². The maximum absolute atomic E-state index is 12.0. The molecule has 2 aromatic rings. The van der Waals surface area contributed by atoms with E-state index in [0.29, 0.717) is 23.0 Å². The molecule has 0 aliphatic rings. The van der Waals surface area contributed by atoms with Crippen LogP contribution in [-0.2, 0) is 6.54 Å². The van der Waals surface area contributed by atoms with Crippen LogP contribution in [0, 0.1) is 6.92 Å². The first-order valence-electron chi connectivity index (χ1n) is 5.85. The van der Waals surface area contributed by atoms with Crippen LogP contribution in [0.15, 0.2) is 29.1 Å². The van der Waals surface area contributed by atoms with Crippen LogP contribution >= 0.6 is 23.2 Å². The Bertz CT molecular complexity index is 710. The molecule has 0 aliphatic carbocycles. The van der Waals surface area contributed by atoms with Crippen molar-refractivity contribution in [1.82, 2.24) is 4.57 Å². The number of methoxy groups -OCH3 is 1. The molecule has 0 aliphatic heterocycles. The largest absolute Gasteiger partial charge is 0.506 e. The molecule has 0 spiro atoms. The summed E-state index contributed by atoms with van der Waals surface area (Å²) in [6, 6.07) is 6.74. The zero-order chi connectivity index (χ0) is 14.9. The highest BCUT2D eigenvalue weighted by molar-refractivity contribution is 6.32. The van der Waals surface area contributed by atoms with Gasteiger partial charge in [0.05, 0.1) is 18.7 Å². The highest BCUT2D eigenvalue weighted by Gasteiger charge is 2.11. The van der Waals surface area contributed by atoms with Crippen LogP contribution in [-0.4, -0.2) is 16.8 Å². The van der Waals surface area contributed by atoms with Gasteiger partial charge in [0, 0.05) is 11.8 Å². The Labute approximate surface area is 126 Å². The van der Waals surface area contributed by atoms with Gasteiger partial charge >= 0.3 is 0 Å². The fourth-order valence-corrected chi connectivity index (χ4v) is 2.35. The van der Waals surface area contributed by atoms with Crippen molar-refractivity contribution in [3.05, 3.63) is 55.9 Å². The average Bonchev–Trinajstić information content (AvgIpc) is 2.41. The monoisotopic (exact) mass is 313 g/mol. The van der Waals surface area contributed by atoms with Crippen LogP contribution < -0.4 is 10.3 Å². The maximum Gasteiger partial charge on any atom is 0.273 e. The number of aromatic nitrogens is 1. The van der Waals surface area contributed by atoms with Gasteiger partial charge in [0.1, 0.15) is 16.5 Å². The molecule has 0 fully saturated rings. The van der Waals surface area contributed by atoms with Crippen molar-refractivity contribution < 1.29 is 9.84 Å². The average molecular weight is 314 g/mol. The van der Waals surface area contributed by atoms with E-state index in [-0.39, 0.29) is 10.8 Å². The van der Waals surface area contributed by atoms with Crippen LogP contribution in [0.4, 0.5) is 0 Å². The second-order valence-corrected chi connectivity index (χ2v) is 5.13. The molecule has 20 heavy (non-hydrogen) atoms. The molecule has 1 aromatic heterocycles. The number of ether oxygens (including phenoxy) is 1. The Morgan fingerprint density at radius 1 is 1.30 bits per heavy atom. The van der Waals surface area contributed by atoms with E-state index in [2.05, 4.69) is 0 Å². The molecule has 0 saturated carbocycles. The van der Waals surface area contributed by atoms with Gasteiger partial charge in [-0.05, 0) is 24.6 Å². The minimum absolute atomic E-state index is 0.185. The quantitative estimate of drug-likeness (QED) is 0.946. The maximum atomic E-state index is 12.0. The minimum atomic E-state index is -0.434. The highest BCUT2D eigenvalue weighted by atomic mass is 35.5. The Balaban J connectivity index is 2.43. The third-order valence-corrected chi connectivity index (χ3v) is 3.64. The Morgan fingerprint density at radius 3 is 2.60 bits per heavy atom. The normalized spacial score (nSPS) is 10.6. The SMILES string of the molecule is COc1ccc(Cn2c(C)cc(O)c(Cl)c2=O)cc1Cl. The highest BCUT2D eigenvalue weighted by Crippen LogP contribution is 2.26. The van der Waals surface area contributed by atoms with Crippen LogP contribution in [0.25, 0.3) is 0 Å². The fraction of sp³-hybridized carbons (Fsp3) is 0.214. The zero-order valence-electron chi connectivity index (χ0n) is 11.0. The summed E-state index contributed by atoms with van der Waals surface area (Å²) in [5, 5.41) is 9.79. The van der Waals surface area contributed by atoms with E-state index in [4.69, 9.17) is 27.9 Å². The van der Waals surface area contributed by atoms with Gasteiger partial charge in [0.15, 0.2) is 0 Å². The number of nitrogens with zero attached hydrogens (tertiary/aromatic N) is 1. The number of hydrogen-bond acceptors (Lipinski definition) is 3. The van der Waals surface area contributed by atoms with E-state index in [1.54, 1.807) is 19.1 Å². The summed E-state index contributed by atoms with van der Waals surface area (Å²) >= 11 is 11.8. The molecule has 0 bridgehead atoms. The van der Waals surface area contributed by atoms with Crippen molar-refractivity contribution in [3.8, 4) is 11.5 Å². The van der Waals surface area contributed by atoms with Crippen molar-refractivity contribution >= 4 is 23.2 Å². The lowest BCUT2D eigenvalue weighted by Gasteiger charge is -2.12. The second kappa shape index (κ2) is 5.77. The first-order valence-corrected chi connectivity index (χ1v) is 6.61. The summed E-state index contributed by atoms with van der Waals surface area (Å²) in [5.74, 6) is 0.362. The van der Waals surface area contributed by atoms with Crippen molar-refractivity contribution in [2.24, 2.45) is 0 Å². The fourth-order valence-electron chi connectivity index (χ4n) is 1.91. The second-order valence-electron chi connectivity index (χ2n) is 4.35. The molecule has 0 amide bonds. The molecule has 4 nitrogen and oxygen atoms in total. The number of hydrogen-bond donors (Lipinski definition) is 1. The van der Waals surface area contributed by atoms with E-state index in [1.807, 2.05) is 6.07 Å². The summed E-state index contributed by atoms with van der Waals surface area (Å²) in [6.07, 6.45) is 0. The molecule has 0 unspecified atom stereocenters. The summed E-state index contributed by atoms with van der Waals surface area (Å²) in [4.78, 5) is 12.0. The van der Waals surface area contributed by atoms with Crippen LogP contribution in [0.2, 0.25) is 10.0 Å². The number of pyridine rings is 1. The van der Waals surface area contributed by atoms with Gasteiger partial charge in [-0.2, -0.15) is 0 Å². The summed E-state index contributed by atoms with van der Waals surface area (Å²) < 4.78 is 6.55. The molecule has 1 heterocycles. The molecule has 0 atom stereocenters. The standard InChI is InChI=1S/C14H13Cl2NO3/c1-8-5-11(18)13(16)14(19)17(8)7-9-3-4-12(20-2)10(15)6-9/h3-6,18H,7H2,1-2H3. The number of aryl methyl sites for hydroxylation is 1. The lowest BCUT2D eigenvalue weighted by molar-refractivity contribution is 0.415. The van der Waals surface area contributed by atoms with Gasteiger partial charge in [-0.25, -0.2) is 0 Å². The van der Waals surface area contributed by atoms with Crippen molar-refractivity contribution in [2.45, 2.75) is 13.5 Å². The molecule has 106 valence electrons. The molecule has 0 radical (unpaired) electrons. The molecule has 1 N–H and O–H groups in total. The molecule has 6 heteroatoms. The third-order valence-electron chi connectivity index (χ3n) is 2.99. The number of halogens is 2. The first kappa shape index (κ1) is 14.8. The van der Waals surface area contributed by atoms with Gasteiger partial charge in [-0.3, -0.25) is 4.79 Å². The first-order chi connectivity index (χ1) is 9.43. The van der Waals surface area contributed by atoms with E-state index < -0.39 is 5.56 Å². The van der Waals surface area contributed by atoms with Crippen LogP contribution in [0.1, 0.15) is 11.3 Å². The smallest absolute Gasteiger partial charge is 0.273 e. The van der Waals surface area contributed by atoms with E-state index in [1.165, 1.54) is 17.7 Å². The summed E-state index contributed by atoms with van der Waals surface area (Å²) in [5.41, 5.74) is 1.02. The Morgan fingerprint density at radius 2 is 2.00 bits per heavy atom. The predicted molar refractivity (Wildman–Crippen MR) is 79.2 cm³/mol. The van der Waals surface area contributed by atoms with Crippen molar-refractivity contribution in [1.29, 1.82) is 0 Å². The van der Waals surface area contributed by atoms with Crippen LogP contribution in [0.3, 0.4) is 0 Å². The Hall–Kier alpha value is -1.65. The van der Waals surface area contributed by atoms with Gasteiger partial charge < -0.3 is 14.4 Å². The summed E-state index contributed by atoms with van der Waals surface area (Å²) in [7, 11) is 1.54. The molecular weight excluding hydrogens is 301 g/mol. The predicted octanol–water partition coefficient (Wildman–Crippen LogP) is 3.23. The number of rotatable bonds is 3. The van der Waals surface area contributed by atoms with Gasteiger partial charge in [0.2, 0.25) is 0 Å². The lowest BCUT2D eigenvalue weighted by Crippen LogP contribution is -2.23. The number of benzene rings is 1. The van der Waals surface area contributed by atoms with Gasteiger partial charge in [-0.1, -0.05) is 29.3 Å². The van der Waals surface area contributed by atoms with Crippen LogP contribution in [0.5, 0.6) is 11.5 Å². The van der Waals surface area contributed by atoms with Crippen molar-refractivity contribution in [2.75, 3.05) is 7.11 Å². The minimum Gasteiger partial charge on any atom is -0.506 e. The Kier molecular flexibility index (Phi) is 4.26. The lowest BCUT2D eigenvalue weighted by atomic mass is 10.2. The van der Waals surface area contributed by atoms with E-state index >= 15 is 0 Å². The summed E-state index contributed by atoms with van der Waals surface area (Å²) in [6.45, 7) is 2.04. The number of aromatic hydroxyl groups is 1.